The fourth-order valence-electron chi connectivity index (χ4n) is 1.40. The lowest BCUT2D eigenvalue weighted by molar-refractivity contribution is 0.637. The second kappa shape index (κ2) is 4.90. The summed E-state index contributed by atoms with van der Waals surface area (Å²) in [5, 5.41) is 6.41. The molecule has 4 nitrogen and oxygen atoms in total. The van der Waals surface area contributed by atoms with E-state index in [-0.39, 0.29) is 0 Å². The third-order valence-corrected chi connectivity index (χ3v) is 2.53. The Morgan fingerprint density at radius 2 is 2.00 bits per heavy atom. The first-order valence-electron chi connectivity index (χ1n) is 5.42. The molecule has 16 heavy (non-hydrogen) atoms. The van der Waals surface area contributed by atoms with Gasteiger partial charge >= 0.3 is 0 Å². The Hall–Kier alpha value is -1.68. The van der Waals surface area contributed by atoms with Crippen molar-refractivity contribution in [1.82, 2.24) is 15.3 Å². The second-order valence-corrected chi connectivity index (χ2v) is 3.81. The molecule has 0 fully saturated rings. The van der Waals surface area contributed by atoms with Gasteiger partial charge in [-0.15, -0.1) is 0 Å². The van der Waals surface area contributed by atoms with Crippen LogP contribution in [-0.4, -0.2) is 29.6 Å². The maximum Gasteiger partial charge on any atom is 0.145 e. The molecule has 1 atom stereocenters. The molecule has 4 heteroatoms. The van der Waals surface area contributed by atoms with Gasteiger partial charge in [0.15, 0.2) is 0 Å². The minimum atomic E-state index is 0.410. The van der Waals surface area contributed by atoms with Gasteiger partial charge in [-0.2, -0.15) is 0 Å². The van der Waals surface area contributed by atoms with Gasteiger partial charge in [0.1, 0.15) is 5.82 Å². The van der Waals surface area contributed by atoms with Crippen LogP contribution >= 0.6 is 0 Å². The van der Waals surface area contributed by atoms with Gasteiger partial charge in [-0.05, 0) is 26.1 Å². The lowest BCUT2D eigenvalue weighted by Crippen LogP contribution is -2.29. The van der Waals surface area contributed by atoms with Gasteiger partial charge in [0.05, 0.1) is 17.2 Å². The molecule has 1 heterocycles. The fourth-order valence-corrected chi connectivity index (χ4v) is 1.40. The quantitative estimate of drug-likeness (QED) is 0.816. The molecule has 0 spiro atoms. The number of aromatic nitrogens is 2. The highest BCUT2D eigenvalue weighted by molar-refractivity contribution is 5.75. The third kappa shape index (κ3) is 2.46. The predicted octanol–water partition coefficient (Wildman–Crippen LogP) is 1.65. The average Bonchev–Trinajstić information content (AvgIpc) is 2.35. The van der Waals surface area contributed by atoms with Crippen LogP contribution in [0.4, 0.5) is 5.82 Å². The molecule has 1 aromatic carbocycles. The highest BCUT2D eigenvalue weighted by Gasteiger charge is 2.00. The van der Waals surface area contributed by atoms with Gasteiger partial charge in [0, 0.05) is 12.6 Å². The van der Waals surface area contributed by atoms with Gasteiger partial charge in [0.2, 0.25) is 0 Å². The SMILES string of the molecule is CNC(C)CNc1cnc2ccccc2n1. The van der Waals surface area contributed by atoms with E-state index in [1.165, 1.54) is 0 Å². The van der Waals surface area contributed by atoms with Crippen LogP contribution < -0.4 is 10.6 Å². The maximum atomic E-state index is 4.48. The molecule has 0 aliphatic carbocycles. The van der Waals surface area contributed by atoms with Crippen molar-refractivity contribution >= 4 is 16.9 Å². The van der Waals surface area contributed by atoms with Crippen molar-refractivity contribution in [3.05, 3.63) is 30.5 Å². The summed E-state index contributed by atoms with van der Waals surface area (Å²) >= 11 is 0. The average molecular weight is 216 g/mol. The predicted molar refractivity (Wildman–Crippen MR) is 66.5 cm³/mol. The molecule has 0 bridgehead atoms. The van der Waals surface area contributed by atoms with Crippen LogP contribution in [-0.2, 0) is 0 Å². The van der Waals surface area contributed by atoms with E-state index in [9.17, 15) is 0 Å². The van der Waals surface area contributed by atoms with Crippen molar-refractivity contribution in [2.24, 2.45) is 0 Å². The van der Waals surface area contributed by atoms with Crippen molar-refractivity contribution in [2.45, 2.75) is 13.0 Å². The van der Waals surface area contributed by atoms with Crippen LogP contribution in [0.5, 0.6) is 0 Å². The minimum absolute atomic E-state index is 0.410. The van der Waals surface area contributed by atoms with E-state index in [2.05, 4.69) is 27.5 Å². The Kier molecular flexibility index (Phi) is 3.31. The zero-order chi connectivity index (χ0) is 11.4. The fraction of sp³-hybridized carbons (Fsp3) is 0.333. The molecule has 0 radical (unpaired) electrons. The zero-order valence-corrected chi connectivity index (χ0v) is 9.57. The van der Waals surface area contributed by atoms with Crippen molar-refractivity contribution in [2.75, 3.05) is 18.9 Å². The Balaban J connectivity index is 2.13. The number of nitrogens with zero attached hydrogens (tertiary/aromatic N) is 2. The summed E-state index contributed by atoms with van der Waals surface area (Å²) in [5.74, 6) is 0.820. The number of benzene rings is 1. The highest BCUT2D eigenvalue weighted by atomic mass is 15.0. The van der Waals surface area contributed by atoms with E-state index in [1.54, 1.807) is 6.20 Å². The van der Waals surface area contributed by atoms with E-state index in [1.807, 2.05) is 31.3 Å². The molecule has 2 aromatic rings. The summed E-state index contributed by atoms with van der Waals surface area (Å²) in [4.78, 5) is 8.82. The molecular formula is C12H16N4. The maximum absolute atomic E-state index is 4.48. The largest absolute Gasteiger partial charge is 0.367 e. The first kappa shape index (κ1) is 10.8. The number of nitrogens with one attached hydrogen (secondary N) is 2. The molecule has 1 aromatic heterocycles. The number of anilines is 1. The van der Waals surface area contributed by atoms with Gasteiger partial charge in [-0.1, -0.05) is 12.1 Å². The molecule has 0 amide bonds. The summed E-state index contributed by atoms with van der Waals surface area (Å²) in [6, 6.07) is 8.27. The summed E-state index contributed by atoms with van der Waals surface area (Å²) in [6.45, 7) is 2.95. The molecule has 2 N–H and O–H groups in total. The summed E-state index contributed by atoms with van der Waals surface area (Å²) in [7, 11) is 1.94. The normalized spacial score (nSPS) is 12.6. The molecule has 84 valence electrons. The smallest absolute Gasteiger partial charge is 0.145 e. The van der Waals surface area contributed by atoms with Gasteiger partial charge in [-0.3, -0.25) is 4.98 Å². The number of likely N-dealkylation sites (N-methyl/N-ethyl adjacent to an activating group) is 1. The summed E-state index contributed by atoms with van der Waals surface area (Å²) in [5.41, 5.74) is 1.85. The number of hydrogen-bond acceptors (Lipinski definition) is 4. The van der Waals surface area contributed by atoms with E-state index < -0.39 is 0 Å². The number of fused-ring (bicyclic) bond motifs is 1. The van der Waals surface area contributed by atoms with Crippen LogP contribution in [0.1, 0.15) is 6.92 Å². The van der Waals surface area contributed by atoms with Gasteiger partial charge < -0.3 is 10.6 Å². The van der Waals surface area contributed by atoms with Gasteiger partial charge in [-0.25, -0.2) is 4.98 Å². The Bertz CT molecular complexity index is 469. The molecule has 0 aliphatic rings. The topological polar surface area (TPSA) is 49.8 Å². The van der Waals surface area contributed by atoms with E-state index in [0.717, 1.165) is 23.4 Å². The number of rotatable bonds is 4. The zero-order valence-electron chi connectivity index (χ0n) is 9.57. The lowest BCUT2D eigenvalue weighted by atomic mass is 10.3. The van der Waals surface area contributed by atoms with Crippen LogP contribution in [0, 0.1) is 0 Å². The molecular weight excluding hydrogens is 200 g/mol. The van der Waals surface area contributed by atoms with Gasteiger partial charge in [0.25, 0.3) is 0 Å². The lowest BCUT2D eigenvalue weighted by Gasteiger charge is -2.11. The first-order chi connectivity index (χ1) is 7.79. The van der Waals surface area contributed by atoms with E-state index >= 15 is 0 Å². The van der Waals surface area contributed by atoms with Crippen molar-refractivity contribution in [1.29, 1.82) is 0 Å². The summed E-state index contributed by atoms with van der Waals surface area (Å²) < 4.78 is 0. The van der Waals surface area contributed by atoms with Crippen molar-refractivity contribution in [3.8, 4) is 0 Å². The standard InChI is InChI=1S/C12H16N4/c1-9(13-2)7-15-12-8-14-10-5-3-4-6-11(10)16-12/h3-6,8-9,13H,7H2,1-2H3,(H,15,16). The molecule has 0 saturated heterocycles. The molecule has 0 aliphatic heterocycles. The third-order valence-electron chi connectivity index (χ3n) is 2.53. The monoisotopic (exact) mass is 216 g/mol. The Morgan fingerprint density at radius 1 is 1.25 bits per heavy atom. The van der Waals surface area contributed by atoms with Crippen molar-refractivity contribution in [3.63, 3.8) is 0 Å². The Labute approximate surface area is 95.1 Å². The second-order valence-electron chi connectivity index (χ2n) is 3.81. The van der Waals surface area contributed by atoms with Crippen LogP contribution in [0.15, 0.2) is 30.5 Å². The summed E-state index contributed by atoms with van der Waals surface area (Å²) in [6.07, 6.45) is 1.77. The van der Waals surface area contributed by atoms with Crippen LogP contribution in [0.25, 0.3) is 11.0 Å². The molecule has 1 unspecified atom stereocenters. The molecule has 2 rings (SSSR count). The van der Waals surface area contributed by atoms with Crippen molar-refractivity contribution < 1.29 is 0 Å². The van der Waals surface area contributed by atoms with Crippen LogP contribution in [0.3, 0.4) is 0 Å². The highest BCUT2D eigenvalue weighted by Crippen LogP contribution is 2.10. The Morgan fingerprint density at radius 3 is 2.75 bits per heavy atom. The van der Waals surface area contributed by atoms with E-state index in [4.69, 9.17) is 0 Å². The number of hydrogen-bond donors (Lipinski definition) is 2. The minimum Gasteiger partial charge on any atom is -0.367 e. The number of para-hydroxylation sites is 2. The van der Waals surface area contributed by atoms with E-state index in [0.29, 0.717) is 6.04 Å². The molecule has 0 saturated carbocycles. The van der Waals surface area contributed by atoms with Crippen LogP contribution in [0.2, 0.25) is 0 Å². The first-order valence-corrected chi connectivity index (χ1v) is 5.42.